The van der Waals surface area contributed by atoms with Crippen molar-refractivity contribution in [3.63, 3.8) is 0 Å². The Morgan fingerprint density at radius 1 is 0.968 bits per heavy atom. The van der Waals surface area contributed by atoms with Crippen LogP contribution >= 0.6 is 0 Å². The molecule has 0 atom stereocenters. The number of hydrogen-bond donors (Lipinski definition) is 0. The monoisotopic (exact) mass is 431 g/mol. The fraction of sp³-hybridized carbons (Fsp3) is 0.269. The molecule has 1 fully saturated rings. The molecule has 0 amide bonds. The zero-order chi connectivity index (χ0) is 21.8. The van der Waals surface area contributed by atoms with Crippen LogP contribution in [0.1, 0.15) is 35.7 Å². The Labute approximate surface area is 183 Å². The van der Waals surface area contributed by atoms with E-state index in [1.165, 1.54) is 10.6 Å². The van der Waals surface area contributed by atoms with Crippen molar-refractivity contribution in [3.8, 4) is 0 Å². The molecule has 0 heterocycles. The summed E-state index contributed by atoms with van der Waals surface area (Å²) in [5, 5.41) is 2.10. The number of nitrogens with zero attached hydrogens (tertiary/aromatic N) is 1. The summed E-state index contributed by atoms with van der Waals surface area (Å²) in [7, 11) is -3.51. The number of sulfonamides is 1. The Morgan fingerprint density at radius 3 is 2.26 bits per heavy atom. The van der Waals surface area contributed by atoms with Gasteiger partial charge in [0.2, 0.25) is 10.0 Å². The van der Waals surface area contributed by atoms with Crippen LogP contribution in [0.4, 0.5) is 0 Å². The molecule has 0 saturated heterocycles. The molecule has 0 aliphatic heterocycles. The van der Waals surface area contributed by atoms with Crippen LogP contribution < -0.4 is 0 Å². The molecule has 3 aliphatic rings. The predicted octanol–water partition coefficient (Wildman–Crippen LogP) is 5.13. The van der Waals surface area contributed by atoms with E-state index in [-0.39, 0.29) is 11.7 Å². The molecule has 0 aromatic heterocycles. The Kier molecular flexibility index (Phi) is 4.56. The summed E-state index contributed by atoms with van der Waals surface area (Å²) in [6.45, 7) is 2.14. The van der Waals surface area contributed by atoms with Crippen LogP contribution in [0.5, 0.6) is 0 Å². The summed E-state index contributed by atoms with van der Waals surface area (Å²) in [6.07, 6.45) is 2.57. The number of carbonyl (C=O) groups excluding carboxylic acids is 1. The van der Waals surface area contributed by atoms with Crippen molar-refractivity contribution in [1.82, 2.24) is 4.31 Å². The van der Waals surface area contributed by atoms with Gasteiger partial charge in [0, 0.05) is 17.8 Å². The molecule has 0 N–H and O–H groups in total. The first-order valence-electron chi connectivity index (χ1n) is 10.7. The summed E-state index contributed by atoms with van der Waals surface area (Å²) in [4.78, 5) is 13.9. The third kappa shape index (κ3) is 3.02. The van der Waals surface area contributed by atoms with Crippen LogP contribution in [0, 0.1) is 11.3 Å². The maximum atomic E-state index is 13.9. The van der Waals surface area contributed by atoms with Crippen LogP contribution in [-0.2, 0) is 10.0 Å². The molecule has 158 valence electrons. The van der Waals surface area contributed by atoms with Gasteiger partial charge in [-0.15, -0.1) is 0 Å². The molecule has 0 unspecified atom stereocenters. The standard InChI is InChI=1S/C26H25NO3S/c1-3-27(31(2,29)30)24-23(19-10-5-4-6-11-19)22-16-26(24,17-22)25(28)21-14-13-18-9-7-8-12-20(18)15-21/h4-15,22H,3,16-17H2,1-2H3. The largest absolute Gasteiger partial charge is 0.293 e. The molecule has 0 radical (unpaired) electrons. The van der Waals surface area contributed by atoms with Crippen molar-refractivity contribution in [2.45, 2.75) is 19.8 Å². The first kappa shape index (κ1) is 20.0. The van der Waals surface area contributed by atoms with E-state index in [1.54, 1.807) is 0 Å². The molecular weight excluding hydrogens is 406 g/mol. The fourth-order valence-corrected chi connectivity index (χ4v) is 6.53. The number of benzene rings is 3. The van der Waals surface area contributed by atoms with Gasteiger partial charge in [-0.05, 0) is 53.7 Å². The van der Waals surface area contributed by atoms with Crippen molar-refractivity contribution in [2.24, 2.45) is 11.3 Å². The van der Waals surface area contributed by atoms with Crippen molar-refractivity contribution in [1.29, 1.82) is 0 Å². The minimum Gasteiger partial charge on any atom is -0.293 e. The number of Topliss-reactive ketones (excluding diaryl/α,β-unsaturated/α-hetero) is 1. The molecular formula is C26H25NO3S. The highest BCUT2D eigenvalue weighted by molar-refractivity contribution is 7.88. The first-order chi connectivity index (χ1) is 14.8. The van der Waals surface area contributed by atoms with Gasteiger partial charge in [0.15, 0.2) is 5.78 Å². The van der Waals surface area contributed by atoms with Crippen LogP contribution in [0.25, 0.3) is 16.3 Å². The van der Waals surface area contributed by atoms with E-state index in [0.717, 1.165) is 21.9 Å². The molecule has 31 heavy (non-hydrogen) atoms. The molecule has 2 bridgehead atoms. The van der Waals surface area contributed by atoms with E-state index in [4.69, 9.17) is 0 Å². The van der Waals surface area contributed by atoms with Gasteiger partial charge in [-0.2, -0.15) is 0 Å². The van der Waals surface area contributed by atoms with E-state index in [2.05, 4.69) is 0 Å². The van der Waals surface area contributed by atoms with E-state index in [0.29, 0.717) is 30.6 Å². The minimum absolute atomic E-state index is 0.0255. The topological polar surface area (TPSA) is 54.5 Å². The highest BCUT2D eigenvalue weighted by Crippen LogP contribution is 2.66. The molecule has 4 nitrogen and oxygen atoms in total. The Morgan fingerprint density at radius 2 is 1.61 bits per heavy atom. The van der Waals surface area contributed by atoms with Gasteiger partial charge >= 0.3 is 0 Å². The Bertz CT molecular complexity index is 1320. The van der Waals surface area contributed by atoms with Gasteiger partial charge in [0.25, 0.3) is 0 Å². The van der Waals surface area contributed by atoms with Gasteiger partial charge in [0.05, 0.1) is 11.7 Å². The quantitative estimate of drug-likeness (QED) is 0.509. The van der Waals surface area contributed by atoms with Crippen LogP contribution in [-0.4, -0.2) is 31.3 Å². The van der Waals surface area contributed by atoms with Gasteiger partial charge in [-0.1, -0.05) is 66.7 Å². The normalized spacial score (nSPS) is 22.5. The Hall–Kier alpha value is -2.92. The smallest absolute Gasteiger partial charge is 0.232 e. The van der Waals surface area contributed by atoms with Crippen LogP contribution in [0.3, 0.4) is 0 Å². The summed E-state index contributed by atoms with van der Waals surface area (Å²) in [5.41, 5.74) is 2.58. The maximum Gasteiger partial charge on any atom is 0.232 e. The second-order valence-electron chi connectivity index (χ2n) is 8.63. The van der Waals surface area contributed by atoms with E-state index in [9.17, 15) is 13.2 Å². The van der Waals surface area contributed by atoms with Crippen LogP contribution in [0.2, 0.25) is 0 Å². The summed E-state index contributed by atoms with van der Waals surface area (Å²) < 4.78 is 27.0. The SMILES string of the molecule is CCN(C1=C(c2ccccc2)C2CC1(C(=O)c1ccc3ccccc3c1)C2)S(C)(=O)=O. The number of ketones is 1. The zero-order valence-electron chi connectivity index (χ0n) is 17.7. The van der Waals surface area contributed by atoms with E-state index in [1.807, 2.05) is 79.7 Å². The van der Waals surface area contributed by atoms with Gasteiger partial charge in [0.1, 0.15) is 0 Å². The number of allylic oxidation sites excluding steroid dienone is 2. The van der Waals surface area contributed by atoms with Gasteiger partial charge in [-0.25, -0.2) is 8.42 Å². The summed E-state index contributed by atoms with van der Waals surface area (Å²) in [5.74, 6) is 0.232. The highest BCUT2D eigenvalue weighted by atomic mass is 32.2. The lowest BCUT2D eigenvalue weighted by molar-refractivity contribution is 0.0653. The lowest BCUT2D eigenvalue weighted by Gasteiger charge is -2.42. The van der Waals surface area contributed by atoms with Crippen molar-refractivity contribution in [2.75, 3.05) is 12.8 Å². The lowest BCUT2D eigenvalue weighted by Crippen LogP contribution is -2.45. The third-order valence-corrected chi connectivity index (χ3v) is 8.02. The number of carbonyl (C=O) groups is 1. The lowest BCUT2D eigenvalue weighted by atomic mass is 9.62. The van der Waals surface area contributed by atoms with E-state index >= 15 is 0 Å². The van der Waals surface area contributed by atoms with E-state index < -0.39 is 15.4 Å². The molecule has 6 rings (SSSR count). The fourth-order valence-electron chi connectivity index (χ4n) is 5.45. The second-order valence-corrected chi connectivity index (χ2v) is 10.5. The predicted molar refractivity (Wildman–Crippen MR) is 124 cm³/mol. The number of rotatable bonds is 6. The van der Waals surface area contributed by atoms with Crippen LogP contribution in [0.15, 0.2) is 78.5 Å². The molecule has 5 heteroatoms. The van der Waals surface area contributed by atoms with Gasteiger partial charge < -0.3 is 0 Å². The Balaban J connectivity index is 1.68. The molecule has 1 saturated carbocycles. The number of hydrogen-bond acceptors (Lipinski definition) is 3. The molecule has 3 aliphatic carbocycles. The summed E-state index contributed by atoms with van der Waals surface area (Å²) in [6, 6.07) is 23.7. The second kappa shape index (κ2) is 7.06. The maximum absolute atomic E-state index is 13.9. The minimum atomic E-state index is -3.51. The average molecular weight is 432 g/mol. The molecule has 3 aromatic rings. The highest BCUT2D eigenvalue weighted by Gasteiger charge is 2.62. The molecule has 3 aromatic carbocycles. The zero-order valence-corrected chi connectivity index (χ0v) is 18.5. The van der Waals surface area contributed by atoms with Crippen molar-refractivity contribution in [3.05, 3.63) is 89.6 Å². The number of fused-ring (bicyclic) bond motifs is 1. The average Bonchev–Trinajstić information content (AvgIpc) is 3.24. The van der Waals surface area contributed by atoms with Gasteiger partial charge in [-0.3, -0.25) is 9.10 Å². The molecule has 0 spiro atoms. The first-order valence-corrected chi connectivity index (χ1v) is 12.5. The third-order valence-electron chi connectivity index (χ3n) is 6.77. The van der Waals surface area contributed by atoms with Crippen molar-refractivity contribution < 1.29 is 13.2 Å². The summed E-state index contributed by atoms with van der Waals surface area (Å²) >= 11 is 0. The van der Waals surface area contributed by atoms with Crippen molar-refractivity contribution >= 4 is 32.2 Å².